The molecule has 122 valence electrons. The topological polar surface area (TPSA) is 86.7 Å². The van der Waals surface area contributed by atoms with Gasteiger partial charge in [-0.1, -0.05) is 12.1 Å². The highest BCUT2D eigenvalue weighted by Gasteiger charge is 2.49. The maximum absolute atomic E-state index is 13.0. The molecular weight excluding hydrogens is 296 g/mol. The zero-order valence-corrected chi connectivity index (χ0v) is 13.3. The summed E-state index contributed by atoms with van der Waals surface area (Å²) >= 11 is 0. The summed E-state index contributed by atoms with van der Waals surface area (Å²) in [6.07, 6.45) is 1.02. The van der Waals surface area contributed by atoms with E-state index < -0.39 is 17.4 Å². The standard InChI is InChI=1S/C17H20N2O4/c1-17(2)14-10(8-9-20)4-3-5-11(14)19(16(17)23)12-6-7-13(21)18-15(12)22/h3-5,12,20H,6-9H2,1-2H3,(H,18,21,22). The zero-order chi connectivity index (χ0) is 16.8. The first-order valence-electron chi connectivity index (χ1n) is 7.78. The third-order valence-corrected chi connectivity index (χ3v) is 4.67. The van der Waals surface area contributed by atoms with E-state index in [0.717, 1.165) is 11.1 Å². The molecule has 1 aromatic rings. The van der Waals surface area contributed by atoms with Crippen molar-refractivity contribution >= 4 is 23.4 Å². The number of carbonyl (C=O) groups excluding carboxylic acids is 3. The summed E-state index contributed by atoms with van der Waals surface area (Å²) in [5, 5.41) is 11.6. The second-order valence-electron chi connectivity index (χ2n) is 6.55. The van der Waals surface area contributed by atoms with Crippen LogP contribution in [-0.2, 0) is 26.2 Å². The molecule has 3 amide bonds. The molecule has 3 rings (SSSR count). The Kier molecular flexibility index (Phi) is 3.72. The molecule has 1 unspecified atom stereocenters. The lowest BCUT2D eigenvalue weighted by Gasteiger charge is -2.31. The van der Waals surface area contributed by atoms with Gasteiger partial charge in [0.25, 0.3) is 0 Å². The molecule has 0 saturated carbocycles. The van der Waals surface area contributed by atoms with Crippen molar-refractivity contribution in [3.8, 4) is 0 Å². The number of carbonyl (C=O) groups is 3. The predicted molar refractivity (Wildman–Crippen MR) is 83.9 cm³/mol. The van der Waals surface area contributed by atoms with Crippen molar-refractivity contribution in [2.24, 2.45) is 0 Å². The van der Waals surface area contributed by atoms with E-state index in [-0.39, 0.29) is 24.8 Å². The lowest BCUT2D eigenvalue weighted by molar-refractivity contribution is -0.136. The lowest BCUT2D eigenvalue weighted by Crippen LogP contribution is -2.55. The summed E-state index contributed by atoms with van der Waals surface area (Å²) in [6.45, 7) is 3.67. The predicted octanol–water partition coefficient (Wildman–Crippen LogP) is 0.651. The zero-order valence-electron chi connectivity index (χ0n) is 13.3. The maximum atomic E-state index is 13.0. The first-order chi connectivity index (χ1) is 10.9. The minimum atomic E-state index is -0.761. The molecular formula is C17H20N2O4. The number of anilines is 1. The summed E-state index contributed by atoms with van der Waals surface area (Å²) in [7, 11) is 0. The van der Waals surface area contributed by atoms with Crippen molar-refractivity contribution in [3.05, 3.63) is 29.3 Å². The van der Waals surface area contributed by atoms with E-state index in [1.807, 2.05) is 32.0 Å². The number of nitrogens with one attached hydrogen (secondary N) is 1. The maximum Gasteiger partial charge on any atom is 0.249 e. The molecule has 23 heavy (non-hydrogen) atoms. The Labute approximate surface area is 134 Å². The van der Waals surface area contributed by atoms with Crippen LogP contribution in [0, 0.1) is 0 Å². The van der Waals surface area contributed by atoms with E-state index >= 15 is 0 Å². The molecule has 2 aliphatic heterocycles. The number of fused-ring (bicyclic) bond motifs is 1. The van der Waals surface area contributed by atoms with Gasteiger partial charge in [-0.3, -0.25) is 24.6 Å². The van der Waals surface area contributed by atoms with Gasteiger partial charge in [-0.2, -0.15) is 0 Å². The molecule has 0 radical (unpaired) electrons. The fourth-order valence-electron chi connectivity index (χ4n) is 3.59. The minimum Gasteiger partial charge on any atom is -0.396 e. The molecule has 1 saturated heterocycles. The fraction of sp³-hybridized carbons (Fsp3) is 0.471. The van der Waals surface area contributed by atoms with Gasteiger partial charge in [0, 0.05) is 18.7 Å². The molecule has 1 atom stereocenters. The number of nitrogens with zero attached hydrogens (tertiary/aromatic N) is 1. The largest absolute Gasteiger partial charge is 0.396 e. The molecule has 1 aromatic carbocycles. The molecule has 2 heterocycles. The summed E-state index contributed by atoms with van der Waals surface area (Å²) in [5.41, 5.74) is 1.73. The summed E-state index contributed by atoms with van der Waals surface area (Å²) in [6, 6.07) is 4.90. The fourth-order valence-corrected chi connectivity index (χ4v) is 3.59. The second kappa shape index (κ2) is 5.45. The molecule has 2 aliphatic rings. The summed E-state index contributed by atoms with van der Waals surface area (Å²) in [5.74, 6) is -0.871. The van der Waals surface area contributed by atoms with Gasteiger partial charge in [0.1, 0.15) is 6.04 Å². The number of benzene rings is 1. The van der Waals surface area contributed by atoms with Crippen LogP contribution in [0.25, 0.3) is 0 Å². The SMILES string of the molecule is CC1(C)C(=O)N(C2CCC(=O)NC2=O)c2cccc(CCO)c21. The molecule has 2 N–H and O–H groups in total. The second-order valence-corrected chi connectivity index (χ2v) is 6.55. The van der Waals surface area contributed by atoms with Gasteiger partial charge in [0.2, 0.25) is 17.7 Å². The highest BCUT2D eigenvalue weighted by Crippen LogP contribution is 2.45. The molecule has 0 bridgehead atoms. The van der Waals surface area contributed by atoms with Gasteiger partial charge in [-0.05, 0) is 43.9 Å². The lowest BCUT2D eigenvalue weighted by atomic mass is 9.82. The number of aliphatic hydroxyl groups excluding tert-OH is 1. The van der Waals surface area contributed by atoms with E-state index in [9.17, 15) is 19.5 Å². The van der Waals surface area contributed by atoms with Crippen LogP contribution in [0.4, 0.5) is 5.69 Å². The summed E-state index contributed by atoms with van der Waals surface area (Å²) in [4.78, 5) is 38.1. The average Bonchev–Trinajstić information content (AvgIpc) is 2.69. The van der Waals surface area contributed by atoms with Crippen LogP contribution in [0.2, 0.25) is 0 Å². The Balaban J connectivity index is 2.08. The van der Waals surface area contributed by atoms with Gasteiger partial charge in [-0.25, -0.2) is 0 Å². The van der Waals surface area contributed by atoms with Gasteiger partial charge in [0.05, 0.1) is 5.41 Å². The van der Waals surface area contributed by atoms with E-state index in [2.05, 4.69) is 5.32 Å². The van der Waals surface area contributed by atoms with Crippen molar-refractivity contribution in [3.63, 3.8) is 0 Å². The minimum absolute atomic E-state index is 0.000853. The van der Waals surface area contributed by atoms with Crippen molar-refractivity contribution < 1.29 is 19.5 Å². The van der Waals surface area contributed by atoms with E-state index in [1.165, 1.54) is 4.90 Å². The van der Waals surface area contributed by atoms with Crippen LogP contribution in [0.5, 0.6) is 0 Å². The number of aliphatic hydroxyl groups is 1. The average molecular weight is 316 g/mol. The van der Waals surface area contributed by atoms with Crippen LogP contribution in [0.1, 0.15) is 37.8 Å². The number of rotatable bonds is 3. The van der Waals surface area contributed by atoms with Crippen LogP contribution in [0.3, 0.4) is 0 Å². The first-order valence-corrected chi connectivity index (χ1v) is 7.78. The number of amides is 3. The van der Waals surface area contributed by atoms with E-state index in [4.69, 9.17) is 0 Å². The van der Waals surface area contributed by atoms with E-state index in [1.54, 1.807) is 0 Å². The third kappa shape index (κ3) is 2.34. The van der Waals surface area contributed by atoms with Gasteiger partial charge >= 0.3 is 0 Å². The number of imide groups is 1. The quantitative estimate of drug-likeness (QED) is 0.802. The Morgan fingerprint density at radius 3 is 2.70 bits per heavy atom. The Hall–Kier alpha value is -2.21. The Bertz CT molecular complexity index is 696. The molecule has 6 nitrogen and oxygen atoms in total. The first kappa shape index (κ1) is 15.7. The number of hydrogen-bond acceptors (Lipinski definition) is 4. The van der Waals surface area contributed by atoms with Crippen molar-refractivity contribution in [2.75, 3.05) is 11.5 Å². The van der Waals surface area contributed by atoms with Gasteiger partial charge < -0.3 is 5.11 Å². The van der Waals surface area contributed by atoms with Crippen molar-refractivity contribution in [1.29, 1.82) is 0 Å². The van der Waals surface area contributed by atoms with Crippen molar-refractivity contribution in [2.45, 2.75) is 44.6 Å². The Morgan fingerprint density at radius 2 is 2.04 bits per heavy atom. The molecule has 0 aromatic heterocycles. The van der Waals surface area contributed by atoms with Gasteiger partial charge in [-0.15, -0.1) is 0 Å². The van der Waals surface area contributed by atoms with E-state index in [0.29, 0.717) is 18.5 Å². The smallest absolute Gasteiger partial charge is 0.249 e. The molecule has 0 aliphatic carbocycles. The highest BCUT2D eigenvalue weighted by atomic mass is 16.3. The summed E-state index contributed by atoms with van der Waals surface area (Å²) < 4.78 is 0. The number of piperidine rings is 1. The Morgan fingerprint density at radius 1 is 1.30 bits per heavy atom. The monoisotopic (exact) mass is 316 g/mol. The molecule has 6 heteroatoms. The van der Waals surface area contributed by atoms with Crippen molar-refractivity contribution in [1.82, 2.24) is 5.32 Å². The molecule has 0 spiro atoms. The third-order valence-electron chi connectivity index (χ3n) is 4.67. The van der Waals surface area contributed by atoms with Crippen LogP contribution < -0.4 is 10.2 Å². The number of hydrogen-bond donors (Lipinski definition) is 2. The molecule has 1 fully saturated rings. The normalized spacial score (nSPS) is 23.0. The highest BCUT2D eigenvalue weighted by molar-refractivity contribution is 6.13. The van der Waals surface area contributed by atoms with Gasteiger partial charge in [0.15, 0.2) is 0 Å². The van der Waals surface area contributed by atoms with Crippen LogP contribution in [0.15, 0.2) is 18.2 Å². The van der Waals surface area contributed by atoms with Crippen LogP contribution >= 0.6 is 0 Å². The van der Waals surface area contributed by atoms with Crippen LogP contribution in [-0.4, -0.2) is 35.5 Å².